The molecule has 0 radical (unpaired) electrons. The molecule has 0 unspecified atom stereocenters. The van der Waals surface area contributed by atoms with Crippen molar-refractivity contribution in [2.45, 2.75) is 13.0 Å². The molecule has 3 aromatic carbocycles. The first-order chi connectivity index (χ1) is 16.0. The number of carbonyl (C=O) groups excluding carboxylic acids is 1. The molecule has 0 aliphatic carbocycles. The van der Waals surface area contributed by atoms with E-state index in [9.17, 15) is 14.7 Å². The van der Waals surface area contributed by atoms with Crippen molar-refractivity contribution in [1.29, 1.82) is 0 Å². The van der Waals surface area contributed by atoms with Crippen LogP contribution in [0.3, 0.4) is 0 Å². The van der Waals surface area contributed by atoms with Crippen LogP contribution in [-0.2, 0) is 4.79 Å². The van der Waals surface area contributed by atoms with Crippen LogP contribution in [-0.4, -0.2) is 24.2 Å². The van der Waals surface area contributed by atoms with Gasteiger partial charge in [0, 0.05) is 11.1 Å². The summed E-state index contributed by atoms with van der Waals surface area (Å²) in [4.78, 5) is 25.4. The van der Waals surface area contributed by atoms with Crippen LogP contribution in [0.25, 0.3) is 22.1 Å². The van der Waals surface area contributed by atoms with Gasteiger partial charge in [0.25, 0.3) is 5.91 Å². The van der Waals surface area contributed by atoms with E-state index in [2.05, 4.69) is 5.32 Å². The third kappa shape index (κ3) is 5.08. The summed E-state index contributed by atoms with van der Waals surface area (Å²) in [6, 6.07) is 20.5. The van der Waals surface area contributed by atoms with Crippen LogP contribution in [0.1, 0.15) is 17.4 Å². The van der Waals surface area contributed by atoms with E-state index < -0.39 is 6.04 Å². The summed E-state index contributed by atoms with van der Waals surface area (Å²) in [6.45, 7) is 1.25. The topological polar surface area (TPSA) is 88.8 Å². The van der Waals surface area contributed by atoms with Gasteiger partial charge in [-0.05, 0) is 42.3 Å². The normalized spacial score (nSPS) is 11.8. The molecule has 0 bridgehead atoms. The molecule has 33 heavy (non-hydrogen) atoms. The van der Waals surface area contributed by atoms with Gasteiger partial charge in [0.05, 0.1) is 23.6 Å². The lowest BCUT2D eigenvalue weighted by molar-refractivity contribution is -0.124. The zero-order chi connectivity index (χ0) is 23.4. The standard InChI is InChI=1S/C26H22ClNO5/c1-16-25(18-7-9-19(27)10-8-18)26(31)21-12-11-20(13-23(21)33-16)32-15-24(30)28-22(14-29)17-5-3-2-4-6-17/h2-13,22,29H,14-15H2,1H3,(H,28,30)/t22-/m1/s1. The molecule has 0 saturated heterocycles. The van der Waals surface area contributed by atoms with Gasteiger partial charge in [-0.25, -0.2) is 0 Å². The van der Waals surface area contributed by atoms with Crippen molar-refractivity contribution in [2.75, 3.05) is 13.2 Å². The van der Waals surface area contributed by atoms with Crippen LogP contribution in [0.5, 0.6) is 5.75 Å². The number of aliphatic hydroxyl groups is 1. The van der Waals surface area contributed by atoms with Crippen molar-refractivity contribution in [3.05, 3.63) is 99.4 Å². The number of aliphatic hydroxyl groups excluding tert-OH is 1. The van der Waals surface area contributed by atoms with Gasteiger partial charge >= 0.3 is 0 Å². The van der Waals surface area contributed by atoms with Gasteiger partial charge in [0.15, 0.2) is 6.61 Å². The SMILES string of the molecule is Cc1oc2cc(OCC(=O)N[C@H](CO)c3ccccc3)ccc2c(=O)c1-c1ccc(Cl)cc1. The number of fused-ring (bicyclic) bond motifs is 1. The van der Waals surface area contributed by atoms with Crippen LogP contribution < -0.4 is 15.5 Å². The van der Waals surface area contributed by atoms with Gasteiger partial charge in [-0.15, -0.1) is 0 Å². The molecule has 0 aliphatic heterocycles. The number of aryl methyl sites for hydroxylation is 1. The number of rotatable bonds is 7. The summed E-state index contributed by atoms with van der Waals surface area (Å²) in [6.07, 6.45) is 0. The zero-order valence-corrected chi connectivity index (χ0v) is 18.6. The number of carbonyl (C=O) groups is 1. The Kier molecular flexibility index (Phi) is 6.77. The van der Waals surface area contributed by atoms with Gasteiger partial charge < -0.3 is 19.6 Å². The van der Waals surface area contributed by atoms with Crippen LogP contribution in [0, 0.1) is 6.92 Å². The van der Waals surface area contributed by atoms with Crippen LogP contribution in [0.15, 0.2) is 82.0 Å². The van der Waals surface area contributed by atoms with Crippen molar-refractivity contribution >= 4 is 28.5 Å². The first-order valence-corrected chi connectivity index (χ1v) is 10.8. The highest BCUT2D eigenvalue weighted by Gasteiger charge is 2.16. The number of nitrogens with one attached hydrogen (secondary N) is 1. The number of ether oxygens (including phenoxy) is 1. The molecule has 168 valence electrons. The van der Waals surface area contributed by atoms with E-state index in [-0.39, 0.29) is 24.5 Å². The van der Waals surface area contributed by atoms with E-state index in [1.165, 1.54) is 0 Å². The average Bonchev–Trinajstić information content (AvgIpc) is 2.82. The Morgan fingerprint density at radius 2 is 1.82 bits per heavy atom. The Labute approximate surface area is 195 Å². The van der Waals surface area contributed by atoms with E-state index in [4.69, 9.17) is 20.8 Å². The molecule has 0 saturated carbocycles. The van der Waals surface area contributed by atoms with E-state index in [1.807, 2.05) is 30.3 Å². The molecule has 0 spiro atoms. The minimum atomic E-state index is -0.522. The number of hydrogen-bond donors (Lipinski definition) is 2. The van der Waals surface area contributed by atoms with Crippen molar-refractivity contribution < 1.29 is 19.1 Å². The first kappa shape index (κ1) is 22.6. The minimum Gasteiger partial charge on any atom is -0.484 e. The first-order valence-electron chi connectivity index (χ1n) is 10.4. The summed E-state index contributed by atoms with van der Waals surface area (Å²) in [5.74, 6) is 0.479. The maximum atomic E-state index is 13.1. The molecule has 1 atom stereocenters. The third-order valence-corrected chi connectivity index (χ3v) is 5.51. The predicted octanol–water partition coefficient (Wildman–Crippen LogP) is 4.65. The lowest BCUT2D eigenvalue weighted by Crippen LogP contribution is -2.34. The maximum absolute atomic E-state index is 13.1. The Morgan fingerprint density at radius 1 is 1.09 bits per heavy atom. The minimum absolute atomic E-state index is 0.158. The van der Waals surface area contributed by atoms with E-state index in [0.717, 1.165) is 11.1 Å². The molecule has 0 fully saturated rings. The summed E-state index contributed by atoms with van der Waals surface area (Å²) < 4.78 is 11.5. The smallest absolute Gasteiger partial charge is 0.258 e. The van der Waals surface area contributed by atoms with Gasteiger partial charge in [-0.2, -0.15) is 0 Å². The summed E-state index contributed by atoms with van der Waals surface area (Å²) in [7, 11) is 0. The van der Waals surface area contributed by atoms with Crippen LogP contribution >= 0.6 is 11.6 Å². The second-order valence-corrected chi connectivity index (χ2v) is 7.97. The maximum Gasteiger partial charge on any atom is 0.258 e. The molecule has 1 aromatic heterocycles. The molecular weight excluding hydrogens is 442 g/mol. The van der Waals surface area contributed by atoms with Crippen molar-refractivity contribution in [3.8, 4) is 16.9 Å². The highest BCUT2D eigenvalue weighted by atomic mass is 35.5. The summed E-state index contributed by atoms with van der Waals surface area (Å²) >= 11 is 5.95. The fourth-order valence-electron chi connectivity index (χ4n) is 3.63. The molecule has 2 N–H and O–H groups in total. The fourth-order valence-corrected chi connectivity index (χ4v) is 3.76. The van der Waals surface area contributed by atoms with Crippen molar-refractivity contribution in [3.63, 3.8) is 0 Å². The summed E-state index contributed by atoms with van der Waals surface area (Å²) in [5.41, 5.74) is 2.21. The Hall–Kier alpha value is -3.61. The van der Waals surface area contributed by atoms with Gasteiger partial charge in [0.1, 0.15) is 17.1 Å². The second-order valence-electron chi connectivity index (χ2n) is 7.53. The summed E-state index contributed by atoms with van der Waals surface area (Å²) in [5, 5.41) is 13.3. The number of halogens is 1. The zero-order valence-electron chi connectivity index (χ0n) is 17.9. The second kappa shape index (κ2) is 9.90. The Balaban J connectivity index is 1.50. The molecule has 0 aliphatic rings. The van der Waals surface area contributed by atoms with Crippen molar-refractivity contribution in [2.24, 2.45) is 0 Å². The van der Waals surface area contributed by atoms with Gasteiger partial charge in [-0.1, -0.05) is 54.1 Å². The number of hydrogen-bond acceptors (Lipinski definition) is 5. The lowest BCUT2D eigenvalue weighted by atomic mass is 10.0. The molecule has 4 aromatic rings. The monoisotopic (exact) mass is 463 g/mol. The quantitative estimate of drug-likeness (QED) is 0.416. The fraction of sp³-hybridized carbons (Fsp3) is 0.154. The Morgan fingerprint density at radius 3 is 2.52 bits per heavy atom. The number of benzene rings is 3. The van der Waals surface area contributed by atoms with Crippen LogP contribution in [0.2, 0.25) is 5.02 Å². The van der Waals surface area contributed by atoms with E-state index in [0.29, 0.717) is 33.1 Å². The molecule has 4 rings (SSSR count). The molecular formula is C26H22ClNO5. The van der Waals surface area contributed by atoms with Gasteiger partial charge in [-0.3, -0.25) is 9.59 Å². The lowest BCUT2D eigenvalue weighted by Gasteiger charge is -2.17. The molecule has 1 amide bonds. The highest BCUT2D eigenvalue weighted by molar-refractivity contribution is 6.30. The largest absolute Gasteiger partial charge is 0.484 e. The highest BCUT2D eigenvalue weighted by Crippen LogP contribution is 2.27. The average molecular weight is 464 g/mol. The van der Waals surface area contributed by atoms with Crippen LogP contribution in [0.4, 0.5) is 0 Å². The van der Waals surface area contributed by atoms with E-state index >= 15 is 0 Å². The molecule has 6 nitrogen and oxygen atoms in total. The number of amides is 1. The predicted molar refractivity (Wildman–Crippen MR) is 128 cm³/mol. The van der Waals surface area contributed by atoms with Crippen molar-refractivity contribution in [1.82, 2.24) is 5.32 Å². The molecule has 1 heterocycles. The van der Waals surface area contributed by atoms with E-state index in [1.54, 1.807) is 49.4 Å². The Bertz CT molecular complexity index is 1330. The van der Waals surface area contributed by atoms with Gasteiger partial charge in [0.2, 0.25) is 5.43 Å². The molecule has 7 heteroatoms. The third-order valence-electron chi connectivity index (χ3n) is 5.26.